The first-order valence-electron chi connectivity index (χ1n) is 12.7. The van der Waals surface area contributed by atoms with Gasteiger partial charge in [-0.3, -0.25) is 4.79 Å². The van der Waals surface area contributed by atoms with Gasteiger partial charge < -0.3 is 4.74 Å². The number of rotatable bonds is 5. The van der Waals surface area contributed by atoms with Crippen LogP contribution in [0.4, 0.5) is 0 Å². The van der Waals surface area contributed by atoms with Crippen LogP contribution in [0.5, 0.6) is 0 Å². The Labute approximate surface area is 189 Å². The summed E-state index contributed by atoms with van der Waals surface area (Å²) in [5.41, 5.74) is 6.73. The van der Waals surface area contributed by atoms with Gasteiger partial charge in [-0.2, -0.15) is 0 Å². The summed E-state index contributed by atoms with van der Waals surface area (Å²) in [5, 5.41) is 0. The number of hydrogen-bond donors (Lipinski definition) is 0. The van der Waals surface area contributed by atoms with E-state index in [0.717, 1.165) is 25.2 Å². The topological polar surface area (TPSA) is 26.3 Å². The maximum atomic E-state index is 11.4. The van der Waals surface area contributed by atoms with Crippen molar-refractivity contribution in [1.29, 1.82) is 0 Å². The lowest BCUT2D eigenvalue weighted by Crippen LogP contribution is -2.36. The summed E-state index contributed by atoms with van der Waals surface area (Å²) in [6.07, 6.45) is 13.2. The van der Waals surface area contributed by atoms with Crippen molar-refractivity contribution in [3.63, 3.8) is 0 Å². The lowest BCUT2D eigenvalue weighted by molar-refractivity contribution is -0.146. The molecule has 2 heteroatoms. The summed E-state index contributed by atoms with van der Waals surface area (Å²) in [6, 6.07) is 4.80. The molecule has 0 amide bonds. The Balaban J connectivity index is 1.55. The van der Waals surface area contributed by atoms with E-state index in [1.807, 2.05) is 0 Å². The second-order valence-electron chi connectivity index (χ2n) is 11.3. The van der Waals surface area contributed by atoms with E-state index >= 15 is 0 Å². The summed E-state index contributed by atoms with van der Waals surface area (Å²) < 4.78 is 5.53. The number of carbonyl (C=O) groups excluding carboxylic acids is 1. The highest BCUT2D eigenvalue weighted by atomic mass is 16.5. The number of ether oxygens (including phenoxy) is 1. The van der Waals surface area contributed by atoms with Gasteiger partial charge >= 0.3 is 5.97 Å². The first kappa shape index (κ1) is 22.6. The molecule has 1 aromatic carbocycles. The van der Waals surface area contributed by atoms with Crippen molar-refractivity contribution in [2.45, 2.75) is 98.5 Å². The molecule has 170 valence electrons. The van der Waals surface area contributed by atoms with E-state index in [-0.39, 0.29) is 12.1 Å². The maximum absolute atomic E-state index is 11.4. The molecule has 2 nitrogen and oxygen atoms in total. The molecule has 0 aliphatic heterocycles. The molecule has 0 radical (unpaired) electrons. The summed E-state index contributed by atoms with van der Waals surface area (Å²) in [7, 11) is 0. The Bertz CT molecular complexity index is 851. The van der Waals surface area contributed by atoms with Gasteiger partial charge in [0, 0.05) is 13.3 Å². The quantitative estimate of drug-likeness (QED) is 0.376. The van der Waals surface area contributed by atoms with E-state index < -0.39 is 0 Å². The van der Waals surface area contributed by atoms with Crippen LogP contribution in [0.1, 0.15) is 95.4 Å². The van der Waals surface area contributed by atoms with E-state index in [9.17, 15) is 4.79 Å². The third-order valence-corrected chi connectivity index (χ3v) is 9.16. The first-order chi connectivity index (χ1) is 14.7. The van der Waals surface area contributed by atoms with Crippen molar-refractivity contribution in [2.75, 3.05) is 0 Å². The fraction of sp³-hybridized carbons (Fsp3) is 0.690. The van der Waals surface area contributed by atoms with Gasteiger partial charge in [-0.05, 0) is 95.8 Å². The van der Waals surface area contributed by atoms with Gasteiger partial charge in [-0.25, -0.2) is 0 Å². The number of esters is 1. The standard InChI is InChI=1S/C29H42O2/c1-18(2)19(3)7-8-20(4)27-13-14-28-26-11-9-22-17-23(31-21(5)30)10-12-24(22)25(26)15-16-29(27,28)6/h7-9,11,18-20,23,27-28H,10,12-17H2,1-6H3/b8-7+. The lowest BCUT2D eigenvalue weighted by Gasteiger charge is -2.45. The molecule has 3 aliphatic rings. The SMILES string of the molecule is CC(=O)OC1CCc2c(ccc3c2CCC2(C)C3CCC2C(C)/C=C/C(C)C(C)C)C1. The van der Waals surface area contributed by atoms with Crippen LogP contribution in [0.15, 0.2) is 24.3 Å². The van der Waals surface area contributed by atoms with Gasteiger partial charge in [0.2, 0.25) is 0 Å². The molecule has 0 bridgehead atoms. The molecule has 0 N–H and O–H groups in total. The third-order valence-electron chi connectivity index (χ3n) is 9.16. The van der Waals surface area contributed by atoms with Crippen molar-refractivity contribution in [3.05, 3.63) is 46.5 Å². The molecule has 1 saturated carbocycles. The zero-order chi connectivity index (χ0) is 22.3. The van der Waals surface area contributed by atoms with Crippen LogP contribution < -0.4 is 0 Å². The van der Waals surface area contributed by atoms with Crippen LogP contribution >= 0.6 is 0 Å². The average Bonchev–Trinajstić information content (AvgIpc) is 3.08. The summed E-state index contributed by atoms with van der Waals surface area (Å²) in [5.74, 6) is 3.36. The Hall–Kier alpha value is -1.57. The minimum absolute atomic E-state index is 0.0636. The van der Waals surface area contributed by atoms with E-state index in [1.54, 1.807) is 16.7 Å². The van der Waals surface area contributed by atoms with Gasteiger partial charge in [-0.15, -0.1) is 0 Å². The highest BCUT2D eigenvalue weighted by Gasteiger charge is 2.51. The van der Waals surface area contributed by atoms with Crippen LogP contribution in [0, 0.1) is 29.1 Å². The third kappa shape index (κ3) is 4.24. The fourth-order valence-corrected chi connectivity index (χ4v) is 6.97. The summed E-state index contributed by atoms with van der Waals surface area (Å²) in [4.78, 5) is 11.4. The van der Waals surface area contributed by atoms with Crippen LogP contribution in [0.2, 0.25) is 0 Å². The molecule has 0 spiro atoms. The largest absolute Gasteiger partial charge is 0.462 e. The number of carbonyl (C=O) groups is 1. The number of benzene rings is 1. The Morgan fingerprint density at radius 2 is 1.84 bits per heavy atom. The van der Waals surface area contributed by atoms with E-state index in [4.69, 9.17) is 4.74 Å². The normalized spacial score (nSPS) is 31.8. The van der Waals surface area contributed by atoms with E-state index in [2.05, 4.69) is 58.9 Å². The van der Waals surface area contributed by atoms with Crippen molar-refractivity contribution in [2.24, 2.45) is 29.1 Å². The molecule has 1 aromatic rings. The smallest absolute Gasteiger partial charge is 0.302 e. The second-order valence-corrected chi connectivity index (χ2v) is 11.3. The van der Waals surface area contributed by atoms with Crippen molar-refractivity contribution >= 4 is 5.97 Å². The fourth-order valence-electron chi connectivity index (χ4n) is 6.97. The van der Waals surface area contributed by atoms with Crippen LogP contribution in [0.25, 0.3) is 0 Å². The minimum atomic E-state index is -0.148. The summed E-state index contributed by atoms with van der Waals surface area (Å²) >= 11 is 0. The van der Waals surface area contributed by atoms with Crippen molar-refractivity contribution in [3.8, 4) is 0 Å². The molecule has 4 rings (SSSR count). The predicted octanol–water partition coefficient (Wildman–Crippen LogP) is 7.04. The number of hydrogen-bond acceptors (Lipinski definition) is 2. The number of fused-ring (bicyclic) bond motifs is 5. The zero-order valence-corrected chi connectivity index (χ0v) is 20.5. The zero-order valence-electron chi connectivity index (χ0n) is 20.5. The van der Waals surface area contributed by atoms with Crippen molar-refractivity contribution < 1.29 is 9.53 Å². The van der Waals surface area contributed by atoms with Crippen molar-refractivity contribution in [1.82, 2.24) is 0 Å². The Morgan fingerprint density at radius 1 is 1.06 bits per heavy atom. The monoisotopic (exact) mass is 422 g/mol. The number of allylic oxidation sites excluding steroid dienone is 2. The van der Waals surface area contributed by atoms with E-state index in [0.29, 0.717) is 29.1 Å². The molecular weight excluding hydrogens is 380 g/mol. The molecule has 1 fully saturated rings. The van der Waals surface area contributed by atoms with Gasteiger partial charge in [0.1, 0.15) is 6.10 Å². The molecule has 0 aromatic heterocycles. The van der Waals surface area contributed by atoms with Gasteiger partial charge in [0.25, 0.3) is 0 Å². The van der Waals surface area contributed by atoms with Gasteiger partial charge in [0.15, 0.2) is 0 Å². The van der Waals surface area contributed by atoms with Crippen LogP contribution in [-0.4, -0.2) is 12.1 Å². The minimum Gasteiger partial charge on any atom is -0.462 e. The average molecular weight is 423 g/mol. The second kappa shape index (κ2) is 8.75. The van der Waals surface area contributed by atoms with Gasteiger partial charge in [-0.1, -0.05) is 58.9 Å². The maximum Gasteiger partial charge on any atom is 0.302 e. The Kier molecular flexibility index (Phi) is 6.39. The predicted molar refractivity (Wildman–Crippen MR) is 128 cm³/mol. The highest BCUT2D eigenvalue weighted by Crippen LogP contribution is 2.61. The van der Waals surface area contributed by atoms with Crippen LogP contribution in [0.3, 0.4) is 0 Å². The Morgan fingerprint density at radius 3 is 2.55 bits per heavy atom. The lowest BCUT2D eigenvalue weighted by atomic mass is 9.60. The van der Waals surface area contributed by atoms with E-state index in [1.165, 1.54) is 38.2 Å². The molecular formula is C29H42O2. The first-order valence-corrected chi connectivity index (χ1v) is 12.7. The molecule has 31 heavy (non-hydrogen) atoms. The molecule has 0 saturated heterocycles. The molecule has 6 unspecified atom stereocenters. The van der Waals surface area contributed by atoms with Gasteiger partial charge in [0.05, 0.1) is 0 Å². The molecule has 3 aliphatic carbocycles. The molecule has 6 atom stereocenters. The molecule has 0 heterocycles. The summed E-state index contributed by atoms with van der Waals surface area (Å²) in [6.45, 7) is 13.6. The van der Waals surface area contributed by atoms with Crippen LogP contribution in [-0.2, 0) is 28.8 Å². The highest BCUT2D eigenvalue weighted by molar-refractivity contribution is 5.66.